The van der Waals surface area contributed by atoms with Crippen molar-refractivity contribution >= 4 is 22.8 Å². The second kappa shape index (κ2) is 7.86. The van der Waals surface area contributed by atoms with Crippen LogP contribution < -0.4 is 10.2 Å². The SMILES string of the molecule is COc1ccc(C/C(C)=N\Nc2ccc([N+](=O)[O-])cc2[N+](=O)[O-])cc1. The summed E-state index contributed by atoms with van der Waals surface area (Å²) in [5.74, 6) is 0.748. The molecule has 0 radical (unpaired) electrons. The number of nitrogens with one attached hydrogen (secondary N) is 1. The number of nitrogens with zero attached hydrogens (tertiary/aromatic N) is 3. The number of hydrazone groups is 1. The highest BCUT2D eigenvalue weighted by atomic mass is 16.6. The standard InChI is InChI=1S/C16H16N4O5/c1-11(9-12-3-6-14(25-2)7-4-12)17-18-15-8-5-13(19(21)22)10-16(15)20(23)24/h3-8,10,18H,9H2,1-2H3/b17-11-. The normalized spacial score (nSPS) is 11.0. The van der Waals surface area contributed by atoms with Gasteiger partial charge in [-0.2, -0.15) is 5.10 Å². The van der Waals surface area contributed by atoms with E-state index in [2.05, 4.69) is 10.5 Å². The molecule has 9 nitrogen and oxygen atoms in total. The van der Waals surface area contributed by atoms with Gasteiger partial charge in [0.2, 0.25) is 0 Å². The van der Waals surface area contributed by atoms with Gasteiger partial charge in [-0.05, 0) is 30.7 Å². The zero-order valence-electron chi connectivity index (χ0n) is 13.6. The highest BCUT2D eigenvalue weighted by Gasteiger charge is 2.19. The molecule has 0 bridgehead atoms. The smallest absolute Gasteiger partial charge is 0.301 e. The molecule has 0 aromatic heterocycles. The van der Waals surface area contributed by atoms with Crippen molar-refractivity contribution in [1.82, 2.24) is 0 Å². The van der Waals surface area contributed by atoms with Crippen LogP contribution in [-0.4, -0.2) is 22.7 Å². The monoisotopic (exact) mass is 344 g/mol. The first kappa shape index (κ1) is 17.9. The van der Waals surface area contributed by atoms with Crippen LogP contribution in [0.4, 0.5) is 17.1 Å². The summed E-state index contributed by atoms with van der Waals surface area (Å²) in [7, 11) is 1.59. The molecule has 2 rings (SSSR count). The van der Waals surface area contributed by atoms with Gasteiger partial charge in [0.05, 0.1) is 23.0 Å². The first-order chi connectivity index (χ1) is 11.9. The zero-order chi connectivity index (χ0) is 18.4. The Morgan fingerprint density at radius 1 is 1.12 bits per heavy atom. The highest BCUT2D eigenvalue weighted by Crippen LogP contribution is 2.28. The molecular weight excluding hydrogens is 328 g/mol. The zero-order valence-corrected chi connectivity index (χ0v) is 13.6. The van der Waals surface area contributed by atoms with Gasteiger partial charge in [-0.1, -0.05) is 12.1 Å². The second-order valence-corrected chi connectivity index (χ2v) is 5.20. The molecule has 0 aliphatic carbocycles. The molecule has 0 aliphatic heterocycles. The molecule has 0 spiro atoms. The Hall–Kier alpha value is -3.49. The molecule has 0 saturated carbocycles. The lowest BCUT2D eigenvalue weighted by Crippen LogP contribution is -2.03. The Morgan fingerprint density at radius 3 is 2.36 bits per heavy atom. The highest BCUT2D eigenvalue weighted by molar-refractivity contribution is 5.85. The van der Waals surface area contributed by atoms with E-state index in [1.54, 1.807) is 14.0 Å². The lowest BCUT2D eigenvalue weighted by atomic mass is 10.1. The number of benzene rings is 2. The van der Waals surface area contributed by atoms with Crippen LogP contribution in [0.25, 0.3) is 0 Å². The van der Waals surface area contributed by atoms with E-state index in [4.69, 9.17) is 4.74 Å². The fourth-order valence-corrected chi connectivity index (χ4v) is 2.11. The fourth-order valence-electron chi connectivity index (χ4n) is 2.11. The molecule has 0 atom stereocenters. The Labute approximate surface area is 143 Å². The minimum Gasteiger partial charge on any atom is -0.497 e. The number of non-ortho nitro benzene ring substituents is 1. The number of hydrogen-bond donors (Lipinski definition) is 1. The third-order valence-corrected chi connectivity index (χ3v) is 3.38. The second-order valence-electron chi connectivity index (χ2n) is 5.20. The molecule has 9 heteroatoms. The number of nitro groups is 2. The summed E-state index contributed by atoms with van der Waals surface area (Å²) in [5, 5.41) is 25.9. The van der Waals surface area contributed by atoms with Gasteiger partial charge in [0.1, 0.15) is 11.4 Å². The summed E-state index contributed by atoms with van der Waals surface area (Å²) in [6.07, 6.45) is 0.539. The lowest BCUT2D eigenvalue weighted by molar-refractivity contribution is -0.393. The molecule has 130 valence electrons. The van der Waals surface area contributed by atoms with Crippen LogP contribution in [-0.2, 0) is 6.42 Å². The third kappa shape index (κ3) is 4.74. The summed E-state index contributed by atoms with van der Waals surface area (Å²) in [6.45, 7) is 1.77. The van der Waals surface area contributed by atoms with Crippen molar-refractivity contribution in [1.29, 1.82) is 0 Å². The van der Waals surface area contributed by atoms with Gasteiger partial charge in [-0.3, -0.25) is 25.7 Å². The average molecular weight is 344 g/mol. The Balaban J connectivity index is 2.13. The van der Waals surface area contributed by atoms with Gasteiger partial charge in [-0.15, -0.1) is 0 Å². The van der Waals surface area contributed by atoms with Crippen molar-refractivity contribution in [2.24, 2.45) is 5.10 Å². The Morgan fingerprint density at radius 2 is 1.80 bits per heavy atom. The van der Waals surface area contributed by atoms with E-state index in [-0.39, 0.29) is 11.4 Å². The number of rotatable bonds is 7. The average Bonchev–Trinajstić information content (AvgIpc) is 2.60. The van der Waals surface area contributed by atoms with E-state index >= 15 is 0 Å². The molecule has 0 heterocycles. The van der Waals surface area contributed by atoms with Crippen LogP contribution in [0, 0.1) is 20.2 Å². The van der Waals surface area contributed by atoms with Crippen LogP contribution in [0.5, 0.6) is 5.75 Å². The largest absolute Gasteiger partial charge is 0.497 e. The van der Waals surface area contributed by atoms with Gasteiger partial charge in [0, 0.05) is 18.2 Å². The van der Waals surface area contributed by atoms with Crippen LogP contribution in [0.1, 0.15) is 12.5 Å². The number of methoxy groups -OCH3 is 1. The minimum atomic E-state index is -0.691. The van der Waals surface area contributed by atoms with Crippen molar-refractivity contribution in [3.63, 3.8) is 0 Å². The van der Waals surface area contributed by atoms with Crippen molar-refractivity contribution in [3.05, 3.63) is 68.3 Å². The molecule has 1 N–H and O–H groups in total. The van der Waals surface area contributed by atoms with Crippen molar-refractivity contribution in [2.45, 2.75) is 13.3 Å². The van der Waals surface area contributed by atoms with Crippen LogP contribution in [0.15, 0.2) is 47.6 Å². The van der Waals surface area contributed by atoms with E-state index < -0.39 is 15.5 Å². The maximum Gasteiger partial charge on any atom is 0.301 e. The maximum absolute atomic E-state index is 11.1. The predicted molar refractivity (Wildman–Crippen MR) is 93.2 cm³/mol. The van der Waals surface area contributed by atoms with Crippen LogP contribution in [0.3, 0.4) is 0 Å². The van der Waals surface area contributed by atoms with Crippen LogP contribution >= 0.6 is 0 Å². The third-order valence-electron chi connectivity index (χ3n) is 3.38. The summed E-state index contributed by atoms with van der Waals surface area (Å²) >= 11 is 0. The van der Waals surface area contributed by atoms with Crippen molar-refractivity contribution in [2.75, 3.05) is 12.5 Å². The molecule has 0 aliphatic rings. The van der Waals surface area contributed by atoms with E-state index in [9.17, 15) is 20.2 Å². The Bertz CT molecular complexity index is 818. The first-order valence-corrected chi connectivity index (χ1v) is 7.25. The van der Waals surface area contributed by atoms with Crippen molar-refractivity contribution < 1.29 is 14.6 Å². The molecule has 25 heavy (non-hydrogen) atoms. The van der Waals surface area contributed by atoms with Crippen LogP contribution in [0.2, 0.25) is 0 Å². The van der Waals surface area contributed by atoms with E-state index in [1.165, 1.54) is 12.1 Å². The number of anilines is 1. The minimum absolute atomic E-state index is 0.0877. The maximum atomic E-state index is 11.1. The molecular formula is C16H16N4O5. The van der Waals surface area contributed by atoms with Gasteiger partial charge >= 0.3 is 5.69 Å². The first-order valence-electron chi connectivity index (χ1n) is 7.25. The van der Waals surface area contributed by atoms with Gasteiger partial charge in [0.25, 0.3) is 5.69 Å². The fraction of sp³-hybridized carbons (Fsp3) is 0.188. The van der Waals surface area contributed by atoms with E-state index in [0.29, 0.717) is 12.1 Å². The summed E-state index contributed by atoms with van der Waals surface area (Å²) in [5.41, 5.74) is 3.63. The Kier molecular flexibility index (Phi) is 5.62. The summed E-state index contributed by atoms with van der Waals surface area (Å²) < 4.78 is 5.09. The number of nitro benzene ring substituents is 2. The van der Waals surface area contributed by atoms with Gasteiger partial charge < -0.3 is 4.74 Å². The molecule has 0 amide bonds. The molecule has 0 saturated heterocycles. The summed E-state index contributed by atoms with van der Waals surface area (Å²) in [6, 6.07) is 10.8. The lowest BCUT2D eigenvalue weighted by Gasteiger charge is -2.05. The molecule has 0 unspecified atom stereocenters. The van der Waals surface area contributed by atoms with E-state index in [0.717, 1.165) is 17.4 Å². The van der Waals surface area contributed by atoms with Crippen molar-refractivity contribution in [3.8, 4) is 5.75 Å². The molecule has 2 aromatic rings. The van der Waals surface area contributed by atoms with Gasteiger partial charge in [-0.25, -0.2) is 0 Å². The van der Waals surface area contributed by atoms with Gasteiger partial charge in [0.15, 0.2) is 0 Å². The molecule has 0 fully saturated rings. The van der Waals surface area contributed by atoms with E-state index in [1.807, 2.05) is 24.3 Å². The predicted octanol–water partition coefficient (Wildman–Crippen LogP) is 3.54. The topological polar surface area (TPSA) is 120 Å². The summed E-state index contributed by atoms with van der Waals surface area (Å²) in [4.78, 5) is 20.4. The number of hydrogen-bond acceptors (Lipinski definition) is 7. The molecule has 2 aromatic carbocycles. The number of ether oxygens (including phenoxy) is 1. The quantitative estimate of drug-likeness (QED) is 0.466.